The van der Waals surface area contributed by atoms with Gasteiger partial charge in [0.05, 0.1) is 6.54 Å². The quantitative estimate of drug-likeness (QED) is 0.380. The predicted molar refractivity (Wildman–Crippen MR) is 115 cm³/mol. The number of alkyl halides is 3. The standard InChI is InChI=1S/C20H22Cl3N3O2/c1-19(2,20(21,22)23)28-18(27)26-17(24-13-15-9-5-3-6-10-15)25-14-16-11-7-4-8-12-16/h3-12H,13-14H2,1-2H3,(H2,24,25,26,27). The third-order valence-electron chi connectivity index (χ3n) is 3.82. The molecule has 0 aromatic heterocycles. The normalized spacial score (nSPS) is 12.4. The second-order valence-electron chi connectivity index (χ2n) is 6.51. The number of carbonyl (C=O) groups excluding carboxylic acids is 1. The zero-order valence-corrected chi connectivity index (χ0v) is 17.9. The third kappa shape index (κ3) is 7.23. The molecule has 8 heteroatoms. The summed E-state index contributed by atoms with van der Waals surface area (Å²) >= 11 is 17.6. The molecule has 28 heavy (non-hydrogen) atoms. The zero-order valence-electron chi connectivity index (χ0n) is 15.6. The lowest BCUT2D eigenvalue weighted by Gasteiger charge is -2.31. The molecule has 2 aromatic rings. The molecule has 1 amide bonds. The van der Waals surface area contributed by atoms with Crippen molar-refractivity contribution in [3.05, 3.63) is 71.8 Å². The number of amides is 1. The van der Waals surface area contributed by atoms with Gasteiger partial charge in [0.1, 0.15) is 0 Å². The molecule has 0 saturated carbocycles. The van der Waals surface area contributed by atoms with Crippen molar-refractivity contribution in [3.63, 3.8) is 0 Å². The summed E-state index contributed by atoms with van der Waals surface area (Å²) in [6, 6.07) is 19.4. The van der Waals surface area contributed by atoms with Gasteiger partial charge in [0.15, 0.2) is 5.60 Å². The van der Waals surface area contributed by atoms with Crippen molar-refractivity contribution >= 4 is 46.9 Å². The first-order valence-electron chi connectivity index (χ1n) is 8.60. The fraction of sp³-hybridized carbons (Fsp3) is 0.300. The maximum atomic E-state index is 12.3. The van der Waals surface area contributed by atoms with Gasteiger partial charge in [-0.2, -0.15) is 0 Å². The van der Waals surface area contributed by atoms with Crippen LogP contribution in [0.1, 0.15) is 25.0 Å². The number of halogens is 3. The Labute approximate surface area is 180 Å². The highest BCUT2D eigenvalue weighted by Crippen LogP contribution is 2.40. The smallest absolute Gasteiger partial charge is 0.414 e. The van der Waals surface area contributed by atoms with Crippen molar-refractivity contribution in [2.45, 2.75) is 36.3 Å². The summed E-state index contributed by atoms with van der Waals surface area (Å²) < 4.78 is 3.50. The number of guanidine groups is 1. The average molecular weight is 443 g/mol. The van der Waals surface area contributed by atoms with Crippen LogP contribution in [0.3, 0.4) is 0 Å². The van der Waals surface area contributed by atoms with Crippen molar-refractivity contribution < 1.29 is 9.53 Å². The van der Waals surface area contributed by atoms with E-state index < -0.39 is 15.5 Å². The minimum atomic E-state index is -1.77. The molecule has 0 heterocycles. The molecule has 2 rings (SSSR count). The van der Waals surface area contributed by atoms with Crippen molar-refractivity contribution in [1.82, 2.24) is 10.6 Å². The number of nitrogens with zero attached hydrogens (tertiary/aromatic N) is 1. The van der Waals surface area contributed by atoms with Crippen LogP contribution in [-0.4, -0.2) is 21.4 Å². The van der Waals surface area contributed by atoms with Gasteiger partial charge in [-0.05, 0) is 25.0 Å². The van der Waals surface area contributed by atoms with Crippen molar-refractivity contribution in [2.75, 3.05) is 0 Å². The van der Waals surface area contributed by atoms with Crippen LogP contribution in [0.15, 0.2) is 65.7 Å². The van der Waals surface area contributed by atoms with E-state index in [0.29, 0.717) is 13.1 Å². The van der Waals surface area contributed by atoms with Crippen LogP contribution < -0.4 is 10.6 Å². The SMILES string of the molecule is CC(C)(OC(=O)NC(=NCc1ccccc1)NCc1ccccc1)C(Cl)(Cl)Cl. The predicted octanol–water partition coefficient (Wildman–Crippen LogP) is 5.21. The molecule has 150 valence electrons. The molecular formula is C20H22Cl3N3O2. The largest absolute Gasteiger partial charge is 0.439 e. The number of hydrogen-bond donors (Lipinski definition) is 2. The van der Waals surface area contributed by atoms with Gasteiger partial charge in [-0.1, -0.05) is 95.5 Å². The number of nitrogens with one attached hydrogen (secondary N) is 2. The van der Waals surface area contributed by atoms with Crippen molar-refractivity contribution in [3.8, 4) is 0 Å². The highest BCUT2D eigenvalue weighted by molar-refractivity contribution is 6.68. The van der Waals surface area contributed by atoms with Crippen LogP contribution in [0.25, 0.3) is 0 Å². The second-order valence-corrected chi connectivity index (χ2v) is 8.79. The number of ether oxygens (including phenoxy) is 1. The summed E-state index contributed by atoms with van der Waals surface area (Å²) in [7, 11) is 0. The maximum Gasteiger partial charge on any atom is 0.414 e. The van der Waals surface area contributed by atoms with E-state index in [9.17, 15) is 4.79 Å². The van der Waals surface area contributed by atoms with Gasteiger partial charge in [0.25, 0.3) is 0 Å². The van der Waals surface area contributed by atoms with Crippen molar-refractivity contribution in [1.29, 1.82) is 0 Å². The van der Waals surface area contributed by atoms with Crippen LogP contribution in [0.4, 0.5) is 4.79 Å². The number of benzene rings is 2. The Morgan fingerprint density at radius 1 is 0.964 bits per heavy atom. The molecule has 0 aliphatic rings. The summed E-state index contributed by atoms with van der Waals surface area (Å²) in [5.74, 6) is 0.262. The average Bonchev–Trinajstić information content (AvgIpc) is 2.64. The van der Waals surface area contributed by atoms with E-state index in [2.05, 4.69) is 15.6 Å². The summed E-state index contributed by atoms with van der Waals surface area (Å²) in [5, 5.41) is 5.69. The van der Waals surface area contributed by atoms with E-state index >= 15 is 0 Å². The van der Waals surface area contributed by atoms with Crippen LogP contribution >= 0.6 is 34.8 Å². The second kappa shape index (κ2) is 10.0. The minimum Gasteiger partial charge on any atom is -0.439 e. The molecule has 0 bridgehead atoms. The Morgan fingerprint density at radius 2 is 1.50 bits per heavy atom. The lowest BCUT2D eigenvalue weighted by atomic mass is 10.2. The Morgan fingerprint density at radius 3 is 2.04 bits per heavy atom. The van der Waals surface area contributed by atoms with Gasteiger partial charge in [0.2, 0.25) is 9.75 Å². The van der Waals surface area contributed by atoms with Crippen molar-refractivity contribution in [2.24, 2.45) is 4.99 Å². The van der Waals surface area contributed by atoms with E-state index in [1.165, 1.54) is 13.8 Å². The van der Waals surface area contributed by atoms with Gasteiger partial charge in [-0.25, -0.2) is 9.79 Å². The first kappa shape index (κ1) is 22.3. The summed E-state index contributed by atoms with van der Waals surface area (Å²) in [5.41, 5.74) is 0.705. The molecule has 0 unspecified atom stereocenters. The molecule has 0 aliphatic carbocycles. The molecule has 0 radical (unpaired) electrons. The number of hydrogen-bond acceptors (Lipinski definition) is 3. The van der Waals surface area contributed by atoms with Crippen LogP contribution in [-0.2, 0) is 17.8 Å². The van der Waals surface area contributed by atoms with E-state index in [0.717, 1.165) is 11.1 Å². The highest BCUT2D eigenvalue weighted by Gasteiger charge is 2.44. The Hall–Kier alpha value is -1.95. The number of alkyl carbamates (subject to hydrolysis) is 1. The minimum absolute atomic E-state index is 0.262. The van der Waals surface area contributed by atoms with Gasteiger partial charge < -0.3 is 10.1 Å². The van der Waals surface area contributed by atoms with Crippen LogP contribution in [0, 0.1) is 0 Å². The monoisotopic (exact) mass is 441 g/mol. The zero-order chi connectivity index (χ0) is 20.6. The van der Waals surface area contributed by atoms with Crippen LogP contribution in [0.2, 0.25) is 0 Å². The van der Waals surface area contributed by atoms with Gasteiger partial charge in [-0.3, -0.25) is 5.32 Å². The van der Waals surface area contributed by atoms with E-state index in [4.69, 9.17) is 39.5 Å². The molecular weight excluding hydrogens is 421 g/mol. The lowest BCUT2D eigenvalue weighted by molar-refractivity contribution is 0.0449. The summed E-state index contributed by atoms with van der Waals surface area (Å²) in [6.45, 7) is 3.88. The topological polar surface area (TPSA) is 62.7 Å². The lowest BCUT2D eigenvalue weighted by Crippen LogP contribution is -2.47. The molecule has 2 N–H and O–H groups in total. The number of rotatable bonds is 5. The molecule has 0 spiro atoms. The van der Waals surface area contributed by atoms with Crippen LogP contribution in [0.5, 0.6) is 0 Å². The fourth-order valence-electron chi connectivity index (χ4n) is 2.09. The molecule has 5 nitrogen and oxygen atoms in total. The third-order valence-corrected chi connectivity index (χ3v) is 5.18. The fourth-order valence-corrected chi connectivity index (χ4v) is 2.20. The first-order valence-corrected chi connectivity index (χ1v) is 9.74. The molecule has 0 aliphatic heterocycles. The molecule has 0 fully saturated rings. The number of carbonyl (C=O) groups is 1. The van der Waals surface area contributed by atoms with E-state index in [1.807, 2.05) is 60.7 Å². The number of aliphatic imine (C=N–C) groups is 1. The van der Waals surface area contributed by atoms with Gasteiger partial charge >= 0.3 is 6.09 Å². The molecule has 2 aromatic carbocycles. The molecule has 0 saturated heterocycles. The highest BCUT2D eigenvalue weighted by atomic mass is 35.6. The summed E-state index contributed by atoms with van der Waals surface area (Å²) in [6.07, 6.45) is -0.774. The summed E-state index contributed by atoms with van der Waals surface area (Å²) in [4.78, 5) is 16.7. The Kier molecular flexibility index (Phi) is 7.98. The maximum absolute atomic E-state index is 12.3. The van der Waals surface area contributed by atoms with Gasteiger partial charge in [-0.15, -0.1) is 0 Å². The first-order chi connectivity index (χ1) is 13.2. The molecule has 0 atom stereocenters. The van der Waals surface area contributed by atoms with Gasteiger partial charge in [0, 0.05) is 6.54 Å². The Balaban J connectivity index is 2.07. The Bertz CT molecular complexity index is 791. The van der Waals surface area contributed by atoms with E-state index in [1.54, 1.807) is 0 Å². The van der Waals surface area contributed by atoms with E-state index in [-0.39, 0.29) is 5.96 Å².